The zero-order valence-electron chi connectivity index (χ0n) is 10.8. The number of halogens is 1. The summed E-state index contributed by atoms with van der Waals surface area (Å²) < 4.78 is 0. The highest BCUT2D eigenvalue weighted by Crippen LogP contribution is 2.10. The first-order valence-corrected chi connectivity index (χ1v) is 7.68. The van der Waals surface area contributed by atoms with E-state index in [2.05, 4.69) is 41.6 Å². The lowest BCUT2D eigenvalue weighted by Crippen LogP contribution is -2.32. The van der Waals surface area contributed by atoms with Gasteiger partial charge < -0.3 is 4.90 Å². The zero-order chi connectivity index (χ0) is 11.5. The van der Waals surface area contributed by atoms with Crippen molar-refractivity contribution < 1.29 is 0 Å². The molecule has 0 spiro atoms. The van der Waals surface area contributed by atoms with Crippen LogP contribution in [0.1, 0.15) is 52.9 Å². The van der Waals surface area contributed by atoms with E-state index in [1.54, 1.807) is 0 Å². The van der Waals surface area contributed by atoms with Crippen molar-refractivity contribution in [2.45, 2.75) is 52.9 Å². The number of unbranched alkanes of at least 4 members (excludes halogenated alkanes) is 2. The lowest BCUT2D eigenvalue weighted by Gasteiger charge is -2.25. The first-order valence-electron chi connectivity index (χ1n) is 6.56. The molecule has 15 heavy (non-hydrogen) atoms. The fraction of sp³-hybridized carbons (Fsp3) is 1.00. The van der Waals surface area contributed by atoms with Crippen molar-refractivity contribution in [2.24, 2.45) is 5.92 Å². The molecule has 0 fully saturated rings. The third-order valence-corrected chi connectivity index (χ3v) is 3.88. The van der Waals surface area contributed by atoms with Crippen LogP contribution >= 0.6 is 15.9 Å². The summed E-state index contributed by atoms with van der Waals surface area (Å²) >= 11 is 3.61. The van der Waals surface area contributed by atoms with Crippen molar-refractivity contribution in [3.05, 3.63) is 0 Å². The molecule has 0 saturated carbocycles. The van der Waals surface area contributed by atoms with Gasteiger partial charge in [0.05, 0.1) is 0 Å². The fourth-order valence-electron chi connectivity index (χ4n) is 1.71. The average molecular weight is 278 g/mol. The first-order chi connectivity index (χ1) is 7.28. The highest BCUT2D eigenvalue weighted by molar-refractivity contribution is 9.09. The normalized spacial score (nSPS) is 13.4. The molecule has 0 radical (unpaired) electrons. The van der Waals surface area contributed by atoms with Gasteiger partial charge in [0.1, 0.15) is 0 Å². The van der Waals surface area contributed by atoms with E-state index >= 15 is 0 Å². The Kier molecular flexibility index (Phi) is 11.3. The molecule has 0 aromatic rings. The average Bonchev–Trinajstić information content (AvgIpc) is 2.28. The Balaban J connectivity index is 3.86. The maximum Gasteiger partial charge on any atom is 0.00717 e. The lowest BCUT2D eigenvalue weighted by molar-refractivity contribution is 0.230. The summed E-state index contributed by atoms with van der Waals surface area (Å²) in [5.74, 6) is 0.832. The Labute approximate surface area is 105 Å². The van der Waals surface area contributed by atoms with E-state index < -0.39 is 0 Å². The highest BCUT2D eigenvalue weighted by atomic mass is 79.9. The molecule has 0 N–H and O–H groups in total. The summed E-state index contributed by atoms with van der Waals surface area (Å²) in [5.41, 5.74) is 0. The summed E-state index contributed by atoms with van der Waals surface area (Å²) in [4.78, 5) is 2.66. The van der Waals surface area contributed by atoms with Crippen molar-refractivity contribution >= 4 is 15.9 Å². The summed E-state index contributed by atoms with van der Waals surface area (Å²) in [6, 6.07) is 0. The molecule has 0 aromatic heterocycles. The predicted molar refractivity (Wildman–Crippen MR) is 73.8 cm³/mol. The number of rotatable bonds is 10. The van der Waals surface area contributed by atoms with Crippen LogP contribution in [-0.2, 0) is 0 Å². The summed E-state index contributed by atoms with van der Waals surface area (Å²) in [6.45, 7) is 10.7. The molecule has 0 saturated heterocycles. The van der Waals surface area contributed by atoms with Crippen molar-refractivity contribution in [1.29, 1.82) is 0 Å². The van der Waals surface area contributed by atoms with E-state index in [1.165, 1.54) is 51.7 Å². The molecule has 0 rings (SSSR count). The molecule has 0 aliphatic rings. The van der Waals surface area contributed by atoms with Gasteiger partial charge in [-0.1, -0.05) is 56.0 Å². The molecule has 0 amide bonds. The van der Waals surface area contributed by atoms with Crippen LogP contribution < -0.4 is 0 Å². The molecular weight excluding hydrogens is 250 g/mol. The van der Waals surface area contributed by atoms with Crippen LogP contribution in [-0.4, -0.2) is 29.9 Å². The Hall–Kier alpha value is 0.440. The molecule has 1 unspecified atom stereocenters. The van der Waals surface area contributed by atoms with E-state index in [1.807, 2.05) is 0 Å². The van der Waals surface area contributed by atoms with Crippen LogP contribution in [0.4, 0.5) is 0 Å². The first kappa shape index (κ1) is 15.4. The number of hydrogen-bond donors (Lipinski definition) is 0. The van der Waals surface area contributed by atoms with Crippen LogP contribution in [0.2, 0.25) is 0 Å². The van der Waals surface area contributed by atoms with Gasteiger partial charge in [0.25, 0.3) is 0 Å². The van der Waals surface area contributed by atoms with Crippen LogP contribution in [0, 0.1) is 5.92 Å². The van der Waals surface area contributed by atoms with Gasteiger partial charge in [-0.25, -0.2) is 0 Å². The second kappa shape index (κ2) is 10.9. The maximum absolute atomic E-state index is 3.61. The van der Waals surface area contributed by atoms with Gasteiger partial charge in [0.15, 0.2) is 0 Å². The maximum atomic E-state index is 3.61. The summed E-state index contributed by atoms with van der Waals surface area (Å²) in [5, 5.41) is 1.15. The fourth-order valence-corrected chi connectivity index (χ4v) is 2.37. The minimum Gasteiger partial charge on any atom is -0.303 e. The molecule has 0 heterocycles. The smallest absolute Gasteiger partial charge is 0.00717 e. The minimum absolute atomic E-state index is 0.832. The van der Waals surface area contributed by atoms with Gasteiger partial charge in [-0.05, 0) is 31.8 Å². The molecule has 2 heteroatoms. The zero-order valence-corrected chi connectivity index (χ0v) is 12.4. The largest absolute Gasteiger partial charge is 0.303 e. The second-order valence-electron chi connectivity index (χ2n) is 4.44. The van der Waals surface area contributed by atoms with Crippen LogP contribution in [0.5, 0.6) is 0 Å². The second-order valence-corrected chi connectivity index (χ2v) is 5.08. The van der Waals surface area contributed by atoms with Gasteiger partial charge >= 0.3 is 0 Å². The predicted octanol–water partition coefficient (Wildman–Crippen LogP) is 4.31. The molecule has 0 bridgehead atoms. The Morgan fingerprint density at radius 1 is 1.00 bits per heavy atom. The molecule has 0 aromatic carbocycles. The third-order valence-electron chi connectivity index (χ3n) is 2.97. The molecule has 1 atom stereocenters. The van der Waals surface area contributed by atoms with E-state index in [0.717, 1.165) is 11.2 Å². The van der Waals surface area contributed by atoms with Crippen molar-refractivity contribution in [3.8, 4) is 0 Å². The quantitative estimate of drug-likeness (QED) is 0.538. The van der Waals surface area contributed by atoms with Crippen molar-refractivity contribution in [3.63, 3.8) is 0 Å². The van der Waals surface area contributed by atoms with Gasteiger partial charge in [-0.2, -0.15) is 0 Å². The van der Waals surface area contributed by atoms with Crippen LogP contribution in [0.3, 0.4) is 0 Å². The lowest BCUT2D eigenvalue weighted by atomic mass is 10.1. The van der Waals surface area contributed by atoms with Crippen LogP contribution in [0.25, 0.3) is 0 Å². The Morgan fingerprint density at radius 3 is 1.87 bits per heavy atom. The standard InChI is InChI=1S/C13H28BrN/c1-4-7-9-15(10-8-5-2)12-13(6-3)11-14/h13H,4-12H2,1-3H3. The van der Waals surface area contributed by atoms with E-state index in [4.69, 9.17) is 0 Å². The highest BCUT2D eigenvalue weighted by Gasteiger charge is 2.10. The number of nitrogens with zero attached hydrogens (tertiary/aromatic N) is 1. The number of alkyl halides is 1. The molecule has 92 valence electrons. The van der Waals surface area contributed by atoms with E-state index in [-0.39, 0.29) is 0 Å². The minimum atomic E-state index is 0.832. The van der Waals surface area contributed by atoms with E-state index in [9.17, 15) is 0 Å². The van der Waals surface area contributed by atoms with Gasteiger partial charge in [0.2, 0.25) is 0 Å². The van der Waals surface area contributed by atoms with E-state index in [0.29, 0.717) is 0 Å². The third kappa shape index (κ3) is 8.27. The van der Waals surface area contributed by atoms with Gasteiger partial charge in [-0.3, -0.25) is 0 Å². The SMILES string of the molecule is CCCCN(CCCC)CC(CC)CBr. The van der Waals surface area contributed by atoms with Gasteiger partial charge in [-0.15, -0.1) is 0 Å². The van der Waals surface area contributed by atoms with Crippen molar-refractivity contribution in [1.82, 2.24) is 4.90 Å². The van der Waals surface area contributed by atoms with Crippen molar-refractivity contribution in [2.75, 3.05) is 25.0 Å². The Bertz CT molecular complexity index is 116. The molecule has 1 nitrogen and oxygen atoms in total. The summed E-state index contributed by atoms with van der Waals surface area (Å²) in [6.07, 6.45) is 6.62. The monoisotopic (exact) mass is 277 g/mol. The molecular formula is C13H28BrN. The Morgan fingerprint density at radius 2 is 1.53 bits per heavy atom. The molecule has 0 aliphatic heterocycles. The van der Waals surface area contributed by atoms with Crippen LogP contribution in [0.15, 0.2) is 0 Å². The van der Waals surface area contributed by atoms with Gasteiger partial charge in [0, 0.05) is 11.9 Å². The topological polar surface area (TPSA) is 3.24 Å². The summed E-state index contributed by atoms with van der Waals surface area (Å²) in [7, 11) is 0. The molecule has 0 aliphatic carbocycles. The number of hydrogen-bond acceptors (Lipinski definition) is 1.